The lowest BCUT2D eigenvalue weighted by Crippen LogP contribution is -2.42. The van der Waals surface area contributed by atoms with Gasteiger partial charge in [0, 0.05) is 18.7 Å². The Kier molecular flexibility index (Phi) is 4.99. The van der Waals surface area contributed by atoms with Gasteiger partial charge >= 0.3 is 0 Å². The van der Waals surface area contributed by atoms with Gasteiger partial charge in [-0.25, -0.2) is 8.78 Å². The number of nitrogens with zero attached hydrogens (tertiary/aromatic N) is 1. The van der Waals surface area contributed by atoms with E-state index in [2.05, 4.69) is 25.7 Å². The maximum absolute atomic E-state index is 13.4. The predicted octanol–water partition coefficient (Wildman–Crippen LogP) is 3.72. The van der Waals surface area contributed by atoms with Crippen LogP contribution >= 0.6 is 0 Å². The van der Waals surface area contributed by atoms with E-state index < -0.39 is 11.6 Å². The van der Waals surface area contributed by atoms with Crippen LogP contribution in [0.25, 0.3) is 0 Å². The molecule has 1 aromatic rings. The van der Waals surface area contributed by atoms with Crippen LogP contribution in [0.5, 0.6) is 0 Å². The summed E-state index contributed by atoms with van der Waals surface area (Å²) in [6, 6.07) is 3.60. The highest BCUT2D eigenvalue weighted by Crippen LogP contribution is 2.36. The van der Waals surface area contributed by atoms with Gasteiger partial charge in [0.1, 0.15) is 11.6 Å². The number of benzene rings is 1. The Bertz CT molecular complexity index is 454. The molecule has 0 aliphatic carbocycles. The van der Waals surface area contributed by atoms with Crippen molar-refractivity contribution in [2.24, 2.45) is 17.1 Å². The number of hydrogen-bond acceptors (Lipinski definition) is 2. The normalized spacial score (nSPS) is 19.7. The van der Waals surface area contributed by atoms with Gasteiger partial charge in [0.05, 0.1) is 0 Å². The highest BCUT2D eigenvalue weighted by Gasteiger charge is 2.31. The van der Waals surface area contributed by atoms with Crippen LogP contribution in [-0.2, 0) is 0 Å². The lowest BCUT2D eigenvalue weighted by Gasteiger charge is -2.41. The molecule has 0 amide bonds. The van der Waals surface area contributed by atoms with Crippen LogP contribution in [0.4, 0.5) is 8.78 Å². The Hall–Kier alpha value is -1.00. The van der Waals surface area contributed by atoms with Crippen molar-refractivity contribution in [3.05, 3.63) is 35.4 Å². The Morgan fingerprint density at radius 3 is 2.10 bits per heavy atom. The van der Waals surface area contributed by atoms with Crippen LogP contribution in [-0.4, -0.2) is 24.5 Å². The van der Waals surface area contributed by atoms with Gasteiger partial charge in [-0.15, -0.1) is 0 Å². The SMILES string of the molecule is CC(C)(C)C1CCN(C(CN)c2cc(F)cc(F)c2)CC1. The van der Waals surface area contributed by atoms with Crippen molar-refractivity contribution in [2.45, 2.75) is 39.7 Å². The fraction of sp³-hybridized carbons (Fsp3) is 0.647. The van der Waals surface area contributed by atoms with Gasteiger partial charge in [0.15, 0.2) is 0 Å². The van der Waals surface area contributed by atoms with E-state index in [0.717, 1.165) is 32.0 Å². The summed E-state index contributed by atoms with van der Waals surface area (Å²) in [6.07, 6.45) is 2.22. The molecule has 1 saturated heterocycles. The second-order valence-electron chi connectivity index (χ2n) is 7.13. The molecular weight excluding hydrogens is 270 g/mol. The molecule has 0 radical (unpaired) electrons. The fourth-order valence-corrected chi connectivity index (χ4v) is 3.34. The van der Waals surface area contributed by atoms with Crippen LogP contribution in [0, 0.1) is 23.0 Å². The van der Waals surface area contributed by atoms with Gasteiger partial charge in [0.2, 0.25) is 0 Å². The summed E-state index contributed by atoms with van der Waals surface area (Å²) in [4.78, 5) is 2.26. The van der Waals surface area contributed by atoms with Crippen LogP contribution in [0.15, 0.2) is 18.2 Å². The van der Waals surface area contributed by atoms with Gasteiger partial charge in [-0.2, -0.15) is 0 Å². The van der Waals surface area contributed by atoms with Gasteiger partial charge in [-0.05, 0) is 55.0 Å². The third-order valence-corrected chi connectivity index (χ3v) is 4.69. The van der Waals surface area contributed by atoms with Gasteiger partial charge < -0.3 is 5.73 Å². The summed E-state index contributed by atoms with van der Waals surface area (Å²) in [5.74, 6) is -0.377. The third-order valence-electron chi connectivity index (χ3n) is 4.69. The molecule has 1 aliphatic heterocycles. The van der Waals surface area contributed by atoms with Crippen molar-refractivity contribution in [1.82, 2.24) is 4.90 Å². The maximum atomic E-state index is 13.4. The lowest BCUT2D eigenvalue weighted by molar-refractivity contribution is 0.0844. The number of piperidine rings is 1. The zero-order chi connectivity index (χ0) is 15.6. The number of likely N-dealkylation sites (tertiary alicyclic amines) is 1. The van der Waals surface area contributed by atoms with E-state index in [1.165, 1.54) is 12.1 Å². The molecule has 2 N–H and O–H groups in total. The third kappa shape index (κ3) is 4.01. The molecular formula is C17H26F2N2. The number of halogens is 2. The molecule has 1 heterocycles. The summed E-state index contributed by atoms with van der Waals surface area (Å²) >= 11 is 0. The Balaban J connectivity index is 2.09. The minimum absolute atomic E-state index is 0.101. The van der Waals surface area contributed by atoms with E-state index >= 15 is 0 Å². The van der Waals surface area contributed by atoms with Crippen molar-refractivity contribution >= 4 is 0 Å². The highest BCUT2D eigenvalue weighted by molar-refractivity contribution is 5.22. The fourth-order valence-electron chi connectivity index (χ4n) is 3.34. The minimum Gasteiger partial charge on any atom is -0.329 e. The summed E-state index contributed by atoms with van der Waals surface area (Å²) in [5.41, 5.74) is 6.83. The van der Waals surface area contributed by atoms with Crippen molar-refractivity contribution in [2.75, 3.05) is 19.6 Å². The molecule has 118 valence electrons. The van der Waals surface area contributed by atoms with Gasteiger partial charge in [0.25, 0.3) is 0 Å². The number of nitrogens with two attached hydrogens (primary N) is 1. The molecule has 2 nitrogen and oxygen atoms in total. The highest BCUT2D eigenvalue weighted by atomic mass is 19.1. The standard InChI is InChI=1S/C17H26F2N2/c1-17(2,3)13-4-6-21(7-5-13)16(11-20)12-8-14(18)10-15(19)9-12/h8-10,13,16H,4-7,11,20H2,1-3H3. The average Bonchev–Trinajstić information content (AvgIpc) is 2.38. The van der Waals surface area contributed by atoms with E-state index in [4.69, 9.17) is 5.73 Å². The van der Waals surface area contributed by atoms with E-state index in [1.807, 2.05) is 0 Å². The molecule has 4 heteroatoms. The average molecular weight is 296 g/mol. The summed E-state index contributed by atoms with van der Waals surface area (Å²) in [6.45, 7) is 9.06. The second kappa shape index (κ2) is 6.41. The molecule has 1 fully saturated rings. The molecule has 0 saturated carbocycles. The molecule has 0 aromatic heterocycles. The summed E-state index contributed by atoms with van der Waals surface area (Å²) in [5, 5.41) is 0. The van der Waals surface area contributed by atoms with Crippen molar-refractivity contribution in [1.29, 1.82) is 0 Å². The maximum Gasteiger partial charge on any atom is 0.126 e. The molecule has 0 spiro atoms. The first-order valence-electron chi connectivity index (χ1n) is 7.71. The van der Waals surface area contributed by atoms with Gasteiger partial charge in [-0.1, -0.05) is 20.8 Å². The first-order chi connectivity index (χ1) is 9.81. The Morgan fingerprint density at radius 1 is 1.14 bits per heavy atom. The summed E-state index contributed by atoms with van der Waals surface area (Å²) in [7, 11) is 0. The number of hydrogen-bond donors (Lipinski definition) is 1. The first-order valence-corrected chi connectivity index (χ1v) is 7.71. The molecule has 2 rings (SSSR count). The molecule has 21 heavy (non-hydrogen) atoms. The van der Waals surface area contributed by atoms with Crippen LogP contribution in [0.1, 0.15) is 45.2 Å². The van der Waals surface area contributed by atoms with Crippen LogP contribution < -0.4 is 5.73 Å². The zero-order valence-corrected chi connectivity index (χ0v) is 13.2. The smallest absolute Gasteiger partial charge is 0.126 e. The predicted molar refractivity (Wildman–Crippen MR) is 81.9 cm³/mol. The van der Waals surface area contributed by atoms with Gasteiger partial charge in [-0.3, -0.25) is 4.90 Å². The van der Waals surface area contributed by atoms with Crippen LogP contribution in [0.3, 0.4) is 0 Å². The van der Waals surface area contributed by atoms with Crippen LogP contribution in [0.2, 0.25) is 0 Å². The van der Waals surface area contributed by atoms with E-state index in [-0.39, 0.29) is 6.04 Å². The monoisotopic (exact) mass is 296 g/mol. The van der Waals surface area contributed by atoms with Crippen molar-refractivity contribution in [3.8, 4) is 0 Å². The quantitative estimate of drug-likeness (QED) is 0.921. The topological polar surface area (TPSA) is 29.3 Å². The van der Waals surface area contributed by atoms with E-state index in [9.17, 15) is 8.78 Å². The molecule has 1 aliphatic rings. The Labute approximate surface area is 126 Å². The van der Waals surface area contributed by atoms with E-state index in [1.54, 1.807) is 0 Å². The van der Waals surface area contributed by atoms with E-state index in [0.29, 0.717) is 23.4 Å². The molecule has 1 aromatic carbocycles. The second-order valence-corrected chi connectivity index (χ2v) is 7.13. The lowest BCUT2D eigenvalue weighted by atomic mass is 9.75. The Morgan fingerprint density at radius 2 is 1.67 bits per heavy atom. The molecule has 0 bridgehead atoms. The summed E-state index contributed by atoms with van der Waals surface area (Å²) < 4.78 is 26.8. The molecule has 1 atom stereocenters. The number of rotatable bonds is 3. The van der Waals surface area contributed by atoms with Crippen molar-refractivity contribution < 1.29 is 8.78 Å². The molecule has 1 unspecified atom stereocenters. The zero-order valence-electron chi connectivity index (χ0n) is 13.2. The minimum atomic E-state index is -0.534. The largest absolute Gasteiger partial charge is 0.329 e. The van der Waals surface area contributed by atoms with Crippen molar-refractivity contribution in [3.63, 3.8) is 0 Å². The first kappa shape index (κ1) is 16.4.